The average molecular weight is 132 g/mol. The summed E-state index contributed by atoms with van der Waals surface area (Å²) in [4.78, 5) is 0. The molecular formula is C6H12O3. The van der Waals surface area contributed by atoms with Crippen LogP contribution in [0.1, 0.15) is 13.3 Å². The molecule has 0 aliphatic rings. The number of aliphatic hydroxyl groups excluding tert-OH is 2. The van der Waals surface area contributed by atoms with Crippen molar-refractivity contribution in [1.82, 2.24) is 0 Å². The van der Waals surface area contributed by atoms with Gasteiger partial charge in [0.25, 0.3) is 0 Å². The summed E-state index contributed by atoms with van der Waals surface area (Å²) in [6, 6.07) is 0. The van der Waals surface area contributed by atoms with Crippen LogP contribution in [0.3, 0.4) is 0 Å². The van der Waals surface area contributed by atoms with Crippen LogP contribution in [0.15, 0.2) is 11.8 Å². The summed E-state index contributed by atoms with van der Waals surface area (Å²) >= 11 is 0. The van der Waals surface area contributed by atoms with Gasteiger partial charge in [-0.2, -0.15) is 0 Å². The van der Waals surface area contributed by atoms with Crippen molar-refractivity contribution in [2.45, 2.75) is 19.6 Å². The normalized spacial score (nSPS) is 15.7. The summed E-state index contributed by atoms with van der Waals surface area (Å²) in [6.07, 6.45) is 0.783. The minimum absolute atomic E-state index is 0.143. The van der Waals surface area contributed by atoms with Crippen molar-refractivity contribution >= 4 is 0 Å². The molecule has 0 spiro atoms. The molecule has 0 aromatic carbocycles. The van der Waals surface area contributed by atoms with E-state index in [2.05, 4.69) is 4.74 Å². The van der Waals surface area contributed by atoms with E-state index < -0.39 is 6.29 Å². The highest BCUT2D eigenvalue weighted by molar-refractivity contribution is 4.91. The Morgan fingerprint density at radius 1 is 1.78 bits per heavy atom. The Hall–Kier alpha value is -0.540. The van der Waals surface area contributed by atoms with Gasteiger partial charge in [-0.3, -0.25) is 0 Å². The third-order valence-corrected chi connectivity index (χ3v) is 0.939. The van der Waals surface area contributed by atoms with E-state index in [0.29, 0.717) is 6.42 Å². The van der Waals surface area contributed by atoms with Crippen LogP contribution in [0, 0.1) is 0 Å². The van der Waals surface area contributed by atoms with Crippen LogP contribution in [0.2, 0.25) is 0 Å². The minimum atomic E-state index is -0.982. The number of aliphatic hydroxyl groups is 2. The van der Waals surface area contributed by atoms with Gasteiger partial charge >= 0.3 is 0 Å². The van der Waals surface area contributed by atoms with Crippen LogP contribution >= 0.6 is 0 Å². The maximum Gasteiger partial charge on any atom is 0.177 e. The molecule has 1 unspecified atom stereocenters. The van der Waals surface area contributed by atoms with Crippen LogP contribution < -0.4 is 0 Å². The standard InChI is InChI=1S/C6H12O3/c1-3-5(7)4-6(8)9-2/h4,6-8H,3H2,1-2H3. The Morgan fingerprint density at radius 3 is 2.67 bits per heavy atom. The second-order valence-corrected chi connectivity index (χ2v) is 1.64. The molecule has 3 heteroatoms. The predicted octanol–water partition coefficient (Wildman–Crippen LogP) is 0.803. The third kappa shape index (κ3) is 4.00. The lowest BCUT2D eigenvalue weighted by atomic mass is 10.3. The van der Waals surface area contributed by atoms with Gasteiger partial charge in [-0.05, 0) is 0 Å². The van der Waals surface area contributed by atoms with Crippen molar-refractivity contribution in [3.05, 3.63) is 11.8 Å². The van der Waals surface area contributed by atoms with Crippen molar-refractivity contribution in [1.29, 1.82) is 0 Å². The Balaban J connectivity index is 3.64. The number of rotatable bonds is 3. The molecule has 0 aliphatic heterocycles. The van der Waals surface area contributed by atoms with Gasteiger partial charge in [-0.15, -0.1) is 0 Å². The molecule has 0 aliphatic carbocycles. The van der Waals surface area contributed by atoms with Crippen LogP contribution in [0.25, 0.3) is 0 Å². The van der Waals surface area contributed by atoms with Crippen molar-refractivity contribution < 1.29 is 14.9 Å². The first-order valence-electron chi connectivity index (χ1n) is 2.81. The van der Waals surface area contributed by atoms with E-state index in [-0.39, 0.29) is 5.76 Å². The molecule has 3 nitrogen and oxygen atoms in total. The Morgan fingerprint density at radius 2 is 2.33 bits per heavy atom. The largest absolute Gasteiger partial charge is 0.512 e. The van der Waals surface area contributed by atoms with E-state index in [9.17, 15) is 0 Å². The molecule has 0 aromatic rings. The highest BCUT2D eigenvalue weighted by Gasteiger charge is 1.95. The fraction of sp³-hybridized carbons (Fsp3) is 0.667. The van der Waals surface area contributed by atoms with Gasteiger partial charge in [-0.1, -0.05) is 6.92 Å². The first kappa shape index (κ1) is 8.46. The van der Waals surface area contributed by atoms with Gasteiger partial charge in [0.1, 0.15) is 0 Å². The van der Waals surface area contributed by atoms with Gasteiger partial charge in [-0.25, -0.2) is 0 Å². The zero-order valence-corrected chi connectivity index (χ0v) is 5.66. The first-order chi connectivity index (χ1) is 4.20. The van der Waals surface area contributed by atoms with Gasteiger partial charge in [0, 0.05) is 19.6 Å². The Bertz CT molecular complexity index is 98.5. The smallest absolute Gasteiger partial charge is 0.177 e. The maximum absolute atomic E-state index is 8.78. The summed E-state index contributed by atoms with van der Waals surface area (Å²) in [7, 11) is 1.37. The fourth-order valence-electron chi connectivity index (χ4n) is 0.350. The number of hydrogen-bond donors (Lipinski definition) is 2. The monoisotopic (exact) mass is 132 g/mol. The quantitative estimate of drug-likeness (QED) is 0.441. The molecular weight excluding hydrogens is 120 g/mol. The third-order valence-electron chi connectivity index (χ3n) is 0.939. The molecule has 0 aromatic heterocycles. The highest BCUT2D eigenvalue weighted by Crippen LogP contribution is 1.96. The second-order valence-electron chi connectivity index (χ2n) is 1.64. The molecule has 0 bridgehead atoms. The number of ether oxygens (including phenoxy) is 1. The molecule has 9 heavy (non-hydrogen) atoms. The molecule has 0 radical (unpaired) electrons. The number of allylic oxidation sites excluding steroid dienone is 1. The Labute approximate surface area is 54.6 Å². The van der Waals surface area contributed by atoms with E-state index in [4.69, 9.17) is 10.2 Å². The lowest BCUT2D eigenvalue weighted by Gasteiger charge is -2.01. The van der Waals surface area contributed by atoms with E-state index in [1.807, 2.05) is 0 Å². The van der Waals surface area contributed by atoms with Gasteiger partial charge in [0.2, 0.25) is 0 Å². The summed E-state index contributed by atoms with van der Waals surface area (Å²) in [5.41, 5.74) is 0. The summed E-state index contributed by atoms with van der Waals surface area (Å²) < 4.78 is 4.44. The van der Waals surface area contributed by atoms with Crippen LogP contribution in [-0.2, 0) is 4.74 Å². The predicted molar refractivity (Wildman–Crippen MR) is 34.0 cm³/mol. The topological polar surface area (TPSA) is 49.7 Å². The summed E-state index contributed by atoms with van der Waals surface area (Å²) in [6.45, 7) is 1.79. The average Bonchev–Trinajstić information content (AvgIpc) is 1.87. The maximum atomic E-state index is 8.78. The van der Waals surface area contributed by atoms with Crippen LogP contribution in [0.4, 0.5) is 0 Å². The summed E-state index contributed by atoms with van der Waals surface area (Å²) in [5, 5.41) is 17.5. The SMILES string of the molecule is CCC(O)=CC(O)OC. The molecule has 0 fully saturated rings. The zero-order valence-electron chi connectivity index (χ0n) is 5.66. The van der Waals surface area contributed by atoms with Crippen LogP contribution in [0.5, 0.6) is 0 Å². The van der Waals surface area contributed by atoms with Crippen LogP contribution in [-0.4, -0.2) is 23.6 Å². The number of methoxy groups -OCH3 is 1. The Kier molecular flexibility index (Phi) is 4.09. The van der Waals surface area contributed by atoms with E-state index >= 15 is 0 Å². The molecule has 0 heterocycles. The molecule has 0 saturated heterocycles. The van der Waals surface area contributed by atoms with Crippen molar-refractivity contribution in [2.75, 3.05) is 7.11 Å². The van der Waals surface area contributed by atoms with E-state index in [1.165, 1.54) is 13.2 Å². The summed E-state index contributed by atoms with van der Waals surface area (Å²) in [5.74, 6) is 0.143. The van der Waals surface area contributed by atoms with Crippen molar-refractivity contribution in [3.63, 3.8) is 0 Å². The zero-order chi connectivity index (χ0) is 7.28. The van der Waals surface area contributed by atoms with E-state index in [1.54, 1.807) is 6.92 Å². The molecule has 1 atom stereocenters. The fourth-order valence-corrected chi connectivity index (χ4v) is 0.350. The van der Waals surface area contributed by atoms with Gasteiger partial charge < -0.3 is 14.9 Å². The molecule has 2 N–H and O–H groups in total. The first-order valence-corrected chi connectivity index (χ1v) is 2.81. The molecule has 0 saturated carbocycles. The van der Waals surface area contributed by atoms with Gasteiger partial charge in [0.05, 0.1) is 5.76 Å². The minimum Gasteiger partial charge on any atom is -0.512 e. The molecule has 0 amide bonds. The lowest BCUT2D eigenvalue weighted by Crippen LogP contribution is -2.05. The molecule has 54 valence electrons. The van der Waals surface area contributed by atoms with Crippen molar-refractivity contribution in [2.24, 2.45) is 0 Å². The van der Waals surface area contributed by atoms with Gasteiger partial charge in [0.15, 0.2) is 6.29 Å². The highest BCUT2D eigenvalue weighted by atomic mass is 16.6. The molecule has 0 rings (SSSR count). The van der Waals surface area contributed by atoms with E-state index in [0.717, 1.165) is 0 Å². The second kappa shape index (κ2) is 4.35. The lowest BCUT2D eigenvalue weighted by molar-refractivity contribution is -0.0377. The van der Waals surface area contributed by atoms with Crippen molar-refractivity contribution in [3.8, 4) is 0 Å². The number of hydrogen-bond acceptors (Lipinski definition) is 3.